The molecule has 2 aromatic rings. The second-order valence-electron chi connectivity index (χ2n) is 11.7. The van der Waals surface area contributed by atoms with Crippen LogP contribution < -0.4 is 0 Å². The third-order valence-electron chi connectivity index (χ3n) is 7.03. The molecule has 1 atom stereocenters. The van der Waals surface area contributed by atoms with Gasteiger partial charge in [-0.25, -0.2) is 22.0 Å². The lowest BCUT2D eigenvalue weighted by Crippen LogP contribution is -2.44. The van der Waals surface area contributed by atoms with Gasteiger partial charge in [0, 0.05) is 19.6 Å². The zero-order valence-electron chi connectivity index (χ0n) is 23.9. The number of piperidine rings is 1. The Bertz CT molecular complexity index is 1250. The van der Waals surface area contributed by atoms with Gasteiger partial charge in [0.1, 0.15) is 23.0 Å². The summed E-state index contributed by atoms with van der Waals surface area (Å²) in [4.78, 5) is 29.2. The summed E-state index contributed by atoms with van der Waals surface area (Å²) >= 11 is 0. The van der Waals surface area contributed by atoms with Crippen LogP contribution in [0.5, 0.6) is 0 Å². The molecule has 0 spiro atoms. The molecule has 1 unspecified atom stereocenters. The summed E-state index contributed by atoms with van der Waals surface area (Å²) in [6.07, 6.45) is 1.75. The van der Waals surface area contributed by atoms with E-state index in [2.05, 4.69) is 0 Å². The molecular weight excluding hydrogens is 538 g/mol. The average molecular weight is 579 g/mol. The van der Waals surface area contributed by atoms with Crippen molar-refractivity contribution in [3.8, 4) is 0 Å². The first kappa shape index (κ1) is 31.5. The minimum Gasteiger partial charge on any atom is -0.444 e. The molecule has 2 amide bonds. The van der Waals surface area contributed by atoms with E-state index in [9.17, 15) is 26.8 Å². The Morgan fingerprint density at radius 2 is 1.50 bits per heavy atom. The molecule has 0 saturated carbocycles. The van der Waals surface area contributed by atoms with Crippen LogP contribution in [0, 0.1) is 23.5 Å². The molecule has 0 bridgehead atoms. The molecule has 2 aromatic carbocycles. The Balaban J connectivity index is 1.78. The van der Waals surface area contributed by atoms with Crippen LogP contribution in [-0.2, 0) is 19.4 Å². The predicted octanol–water partition coefficient (Wildman–Crippen LogP) is 6.00. The molecule has 0 aromatic heterocycles. The molecule has 0 N–H and O–H groups in total. The molecule has 1 aliphatic heterocycles. The molecule has 1 fully saturated rings. The fourth-order valence-electron chi connectivity index (χ4n) is 5.03. The second kappa shape index (κ2) is 13.1. The van der Waals surface area contributed by atoms with E-state index in [-0.39, 0.29) is 22.8 Å². The van der Waals surface area contributed by atoms with E-state index in [0.29, 0.717) is 31.6 Å². The van der Waals surface area contributed by atoms with Crippen molar-refractivity contribution >= 4 is 21.8 Å². The van der Waals surface area contributed by atoms with Crippen LogP contribution in [0.4, 0.5) is 13.6 Å². The molecule has 0 aliphatic carbocycles. The van der Waals surface area contributed by atoms with Crippen LogP contribution in [0.25, 0.3) is 0 Å². The van der Waals surface area contributed by atoms with Gasteiger partial charge in [0.25, 0.3) is 0 Å². The van der Waals surface area contributed by atoms with Gasteiger partial charge in [0.15, 0.2) is 9.84 Å². The number of halogens is 2. The summed E-state index contributed by atoms with van der Waals surface area (Å²) in [5, 5.41) is 0. The highest BCUT2D eigenvalue weighted by atomic mass is 32.2. The lowest BCUT2D eigenvalue weighted by Gasteiger charge is -2.37. The number of benzene rings is 2. The summed E-state index contributed by atoms with van der Waals surface area (Å²) in [6, 6.07) is 9.83. The molecule has 1 saturated heterocycles. The van der Waals surface area contributed by atoms with Gasteiger partial charge >= 0.3 is 6.09 Å². The Morgan fingerprint density at radius 3 is 2.00 bits per heavy atom. The summed E-state index contributed by atoms with van der Waals surface area (Å²) in [5.74, 6) is -2.17. The number of ether oxygens (including phenoxy) is 1. The molecule has 3 rings (SSSR count). The van der Waals surface area contributed by atoms with Crippen molar-refractivity contribution in [1.82, 2.24) is 9.80 Å². The maximum atomic E-state index is 13.7. The van der Waals surface area contributed by atoms with Crippen LogP contribution in [0.3, 0.4) is 0 Å². The van der Waals surface area contributed by atoms with Gasteiger partial charge in [-0.3, -0.25) is 4.79 Å². The lowest BCUT2D eigenvalue weighted by molar-refractivity contribution is -0.132. The van der Waals surface area contributed by atoms with Crippen LogP contribution in [0.15, 0.2) is 53.4 Å². The van der Waals surface area contributed by atoms with Gasteiger partial charge in [0.05, 0.1) is 10.9 Å². The Kier molecular flexibility index (Phi) is 10.3. The van der Waals surface area contributed by atoms with Crippen molar-refractivity contribution in [3.05, 3.63) is 65.7 Å². The molecule has 7 nitrogen and oxygen atoms in total. The van der Waals surface area contributed by atoms with E-state index in [1.54, 1.807) is 21.9 Å². The van der Waals surface area contributed by atoms with Gasteiger partial charge in [-0.1, -0.05) is 26.0 Å². The van der Waals surface area contributed by atoms with Crippen LogP contribution >= 0.6 is 0 Å². The van der Waals surface area contributed by atoms with E-state index >= 15 is 0 Å². The normalized spacial score (nSPS) is 15.7. The highest BCUT2D eigenvalue weighted by Crippen LogP contribution is 2.32. The number of likely N-dealkylation sites (tertiary alicyclic amines) is 1. The predicted molar refractivity (Wildman–Crippen MR) is 149 cm³/mol. The summed E-state index contributed by atoms with van der Waals surface area (Å²) in [5.41, 5.74) is 0.138. The van der Waals surface area contributed by atoms with Gasteiger partial charge in [-0.05, 0) is 93.8 Å². The monoisotopic (exact) mass is 578 g/mol. The summed E-state index contributed by atoms with van der Waals surface area (Å²) in [7, 11) is -4.02. The maximum absolute atomic E-state index is 13.7. The minimum absolute atomic E-state index is 0.0862. The smallest absolute Gasteiger partial charge is 0.410 e. The second-order valence-corrected chi connectivity index (χ2v) is 13.7. The maximum Gasteiger partial charge on any atom is 0.410 e. The van der Waals surface area contributed by atoms with Crippen molar-refractivity contribution in [2.45, 2.75) is 70.4 Å². The highest BCUT2D eigenvalue weighted by molar-refractivity contribution is 7.92. The van der Waals surface area contributed by atoms with Crippen LogP contribution in [-0.4, -0.2) is 61.2 Å². The quantitative estimate of drug-likeness (QED) is 0.341. The first-order valence-electron chi connectivity index (χ1n) is 13.7. The zero-order chi connectivity index (χ0) is 29.7. The largest absolute Gasteiger partial charge is 0.444 e. The molecule has 220 valence electrons. The third kappa shape index (κ3) is 8.74. The molecular formula is C30H40F2N2O5S. The van der Waals surface area contributed by atoms with Crippen molar-refractivity contribution in [3.63, 3.8) is 0 Å². The zero-order valence-corrected chi connectivity index (χ0v) is 24.7. The first-order chi connectivity index (χ1) is 18.7. The number of amides is 2. The van der Waals surface area contributed by atoms with Gasteiger partial charge < -0.3 is 14.5 Å². The topological polar surface area (TPSA) is 84.0 Å². The van der Waals surface area contributed by atoms with Crippen molar-refractivity contribution in [2.75, 3.05) is 25.4 Å². The Morgan fingerprint density at radius 1 is 0.975 bits per heavy atom. The summed E-state index contributed by atoms with van der Waals surface area (Å²) < 4.78 is 58.7. The molecule has 10 heteroatoms. The van der Waals surface area contributed by atoms with Crippen LogP contribution in [0.2, 0.25) is 0 Å². The lowest BCUT2D eigenvalue weighted by atomic mass is 9.91. The Labute approximate surface area is 236 Å². The fraction of sp³-hybridized carbons (Fsp3) is 0.533. The molecule has 40 heavy (non-hydrogen) atoms. The van der Waals surface area contributed by atoms with E-state index in [1.165, 1.54) is 12.1 Å². The van der Waals surface area contributed by atoms with Gasteiger partial charge in [-0.15, -0.1) is 0 Å². The SMILES string of the molecule is CC(C)C(c1ccc(F)cc1)N(CCC1CCN(C(=O)OC(C)(C)C)CC1)C(=O)CS(=O)(=O)c1ccc(F)cc1. The van der Waals surface area contributed by atoms with E-state index in [1.807, 2.05) is 34.6 Å². The number of nitrogens with zero attached hydrogens (tertiary/aromatic N) is 2. The van der Waals surface area contributed by atoms with Crippen LogP contribution in [0.1, 0.15) is 65.5 Å². The minimum atomic E-state index is -4.02. The number of sulfone groups is 1. The van der Waals surface area contributed by atoms with E-state index < -0.39 is 44.8 Å². The fourth-order valence-corrected chi connectivity index (χ4v) is 6.24. The van der Waals surface area contributed by atoms with Crippen molar-refractivity contribution in [2.24, 2.45) is 11.8 Å². The number of hydrogen-bond donors (Lipinski definition) is 0. The van der Waals surface area contributed by atoms with Gasteiger partial charge in [-0.2, -0.15) is 0 Å². The first-order valence-corrected chi connectivity index (χ1v) is 15.3. The summed E-state index contributed by atoms with van der Waals surface area (Å²) in [6.45, 7) is 10.7. The third-order valence-corrected chi connectivity index (χ3v) is 8.65. The number of hydrogen-bond acceptors (Lipinski definition) is 5. The van der Waals surface area contributed by atoms with Crippen molar-refractivity contribution < 1.29 is 31.5 Å². The number of carbonyl (C=O) groups is 2. The van der Waals surface area contributed by atoms with Gasteiger partial charge in [0.2, 0.25) is 5.91 Å². The standard InChI is InChI=1S/C30H40F2N2O5S/c1-21(2)28(23-6-8-24(31)9-7-23)34(27(35)20-40(37,38)26-12-10-25(32)11-13-26)19-16-22-14-17-33(18-15-22)29(36)39-30(3,4)5/h6-13,21-22,28H,14-20H2,1-5H3. The molecule has 1 aliphatic rings. The van der Waals surface area contributed by atoms with E-state index in [0.717, 1.165) is 37.1 Å². The van der Waals surface area contributed by atoms with Crippen molar-refractivity contribution in [1.29, 1.82) is 0 Å². The average Bonchev–Trinajstić information content (AvgIpc) is 2.86. The molecule has 1 heterocycles. The van der Waals surface area contributed by atoms with E-state index in [4.69, 9.17) is 4.74 Å². The Hall–Kier alpha value is -3.01. The molecule has 0 radical (unpaired) electrons. The highest BCUT2D eigenvalue weighted by Gasteiger charge is 2.33. The number of rotatable bonds is 9. The number of carbonyl (C=O) groups excluding carboxylic acids is 2.